The Labute approximate surface area is 152 Å². The first-order valence-electron chi connectivity index (χ1n) is 8.01. The molecule has 0 aliphatic rings. The van der Waals surface area contributed by atoms with Crippen LogP contribution >= 0.6 is 11.6 Å². The molecule has 0 radical (unpaired) electrons. The number of ether oxygens (including phenoxy) is 1. The summed E-state index contributed by atoms with van der Waals surface area (Å²) in [6, 6.07) is 14.5. The summed E-state index contributed by atoms with van der Waals surface area (Å²) in [5, 5.41) is 3.18. The maximum atomic E-state index is 11.9. The van der Waals surface area contributed by atoms with Gasteiger partial charge in [0.2, 0.25) is 0 Å². The topological polar surface area (TPSA) is 81.4 Å². The number of rotatable bonds is 7. The summed E-state index contributed by atoms with van der Waals surface area (Å²) >= 11 is 5.80. The molecular weight excluding hydrogens is 340 g/mol. The molecule has 0 aliphatic heterocycles. The zero-order chi connectivity index (χ0) is 18.2. The lowest BCUT2D eigenvalue weighted by atomic mass is 10.1. The zero-order valence-electron chi connectivity index (χ0n) is 14.0. The SMILES string of the molecule is C[C@H](CCc1ccccc1)NC(=O)COC(=O)c1ccc(Cl)c(N)c1. The standard InChI is InChI=1S/C19H21ClN2O3/c1-13(7-8-14-5-3-2-4-6-14)22-18(23)12-25-19(24)15-9-10-16(20)17(21)11-15/h2-6,9-11,13H,7-8,12,21H2,1H3,(H,22,23)/t13-/m1/s1. The average Bonchev–Trinajstić information content (AvgIpc) is 2.61. The van der Waals surface area contributed by atoms with E-state index in [1.54, 1.807) is 0 Å². The molecule has 6 heteroatoms. The van der Waals surface area contributed by atoms with Crippen LogP contribution in [0.4, 0.5) is 5.69 Å². The molecule has 0 saturated heterocycles. The molecular formula is C19H21ClN2O3. The number of hydrogen-bond donors (Lipinski definition) is 2. The lowest BCUT2D eigenvalue weighted by Crippen LogP contribution is -2.36. The van der Waals surface area contributed by atoms with Crippen molar-refractivity contribution in [2.75, 3.05) is 12.3 Å². The van der Waals surface area contributed by atoms with E-state index in [9.17, 15) is 9.59 Å². The molecule has 1 amide bonds. The van der Waals surface area contributed by atoms with Crippen LogP contribution in [0, 0.1) is 0 Å². The molecule has 1 atom stereocenters. The molecule has 132 valence electrons. The van der Waals surface area contributed by atoms with Crippen LogP contribution in [-0.2, 0) is 16.0 Å². The molecule has 0 aromatic heterocycles. The van der Waals surface area contributed by atoms with E-state index in [0.717, 1.165) is 12.8 Å². The van der Waals surface area contributed by atoms with Crippen LogP contribution < -0.4 is 11.1 Å². The second kappa shape index (κ2) is 9.08. The Morgan fingerprint density at radius 1 is 1.20 bits per heavy atom. The number of nitrogen functional groups attached to an aromatic ring is 1. The minimum absolute atomic E-state index is 0.0161. The van der Waals surface area contributed by atoms with E-state index in [1.807, 2.05) is 37.3 Å². The predicted molar refractivity (Wildman–Crippen MR) is 98.5 cm³/mol. The maximum Gasteiger partial charge on any atom is 0.338 e. The van der Waals surface area contributed by atoms with Gasteiger partial charge in [-0.05, 0) is 43.5 Å². The molecule has 2 rings (SSSR count). The van der Waals surface area contributed by atoms with E-state index in [1.165, 1.54) is 23.8 Å². The molecule has 0 heterocycles. The van der Waals surface area contributed by atoms with E-state index >= 15 is 0 Å². The Morgan fingerprint density at radius 2 is 1.92 bits per heavy atom. The molecule has 3 N–H and O–H groups in total. The van der Waals surface area contributed by atoms with Crippen molar-refractivity contribution in [1.82, 2.24) is 5.32 Å². The van der Waals surface area contributed by atoms with Crippen LogP contribution in [-0.4, -0.2) is 24.5 Å². The minimum atomic E-state index is -0.615. The number of amides is 1. The number of nitrogens with one attached hydrogen (secondary N) is 1. The van der Waals surface area contributed by atoms with Crippen molar-refractivity contribution in [3.63, 3.8) is 0 Å². The monoisotopic (exact) mass is 360 g/mol. The molecule has 2 aromatic carbocycles. The van der Waals surface area contributed by atoms with Crippen molar-refractivity contribution in [1.29, 1.82) is 0 Å². The van der Waals surface area contributed by atoms with Gasteiger partial charge in [-0.3, -0.25) is 4.79 Å². The summed E-state index contributed by atoms with van der Waals surface area (Å²) in [5.41, 5.74) is 7.40. The van der Waals surface area contributed by atoms with Crippen LogP contribution in [0.2, 0.25) is 5.02 Å². The molecule has 0 spiro atoms. The fourth-order valence-electron chi connectivity index (χ4n) is 2.30. The first-order chi connectivity index (χ1) is 12.0. The van der Waals surface area contributed by atoms with Crippen molar-refractivity contribution < 1.29 is 14.3 Å². The summed E-state index contributed by atoms with van der Waals surface area (Å²) < 4.78 is 5.00. The number of hydrogen-bond acceptors (Lipinski definition) is 4. The summed E-state index contributed by atoms with van der Waals surface area (Å²) in [7, 11) is 0. The third-order valence-electron chi connectivity index (χ3n) is 3.68. The van der Waals surface area contributed by atoms with Gasteiger partial charge in [0.25, 0.3) is 5.91 Å². The van der Waals surface area contributed by atoms with E-state index in [0.29, 0.717) is 5.02 Å². The molecule has 0 fully saturated rings. The van der Waals surface area contributed by atoms with Crippen molar-refractivity contribution in [2.24, 2.45) is 0 Å². The van der Waals surface area contributed by atoms with Gasteiger partial charge in [-0.2, -0.15) is 0 Å². The second-order valence-corrected chi connectivity index (χ2v) is 6.21. The number of benzene rings is 2. The third kappa shape index (κ3) is 6.12. The van der Waals surface area contributed by atoms with Crippen LogP contribution in [0.3, 0.4) is 0 Å². The van der Waals surface area contributed by atoms with Gasteiger partial charge < -0.3 is 15.8 Å². The smallest absolute Gasteiger partial charge is 0.338 e. The zero-order valence-corrected chi connectivity index (χ0v) is 14.8. The highest BCUT2D eigenvalue weighted by atomic mass is 35.5. The molecule has 2 aromatic rings. The summed E-state index contributed by atoms with van der Waals surface area (Å²) in [6.07, 6.45) is 1.67. The van der Waals surface area contributed by atoms with Crippen molar-refractivity contribution >= 4 is 29.2 Å². The summed E-state index contributed by atoms with van der Waals surface area (Å²) in [5.74, 6) is -0.952. The maximum absolute atomic E-state index is 11.9. The summed E-state index contributed by atoms with van der Waals surface area (Å²) in [6.45, 7) is 1.58. The van der Waals surface area contributed by atoms with Crippen molar-refractivity contribution in [2.45, 2.75) is 25.8 Å². The summed E-state index contributed by atoms with van der Waals surface area (Å²) in [4.78, 5) is 23.8. The first-order valence-corrected chi connectivity index (χ1v) is 8.39. The number of esters is 1. The Bertz CT molecular complexity index is 735. The van der Waals surface area contributed by atoms with Gasteiger partial charge in [-0.25, -0.2) is 4.79 Å². The first kappa shape index (κ1) is 18.8. The van der Waals surface area contributed by atoms with E-state index in [4.69, 9.17) is 22.1 Å². The van der Waals surface area contributed by atoms with Gasteiger partial charge >= 0.3 is 5.97 Å². The van der Waals surface area contributed by atoms with Gasteiger partial charge in [-0.1, -0.05) is 41.9 Å². The van der Waals surface area contributed by atoms with Crippen LogP contribution in [0.5, 0.6) is 0 Å². The lowest BCUT2D eigenvalue weighted by Gasteiger charge is -2.14. The van der Waals surface area contributed by atoms with Crippen LogP contribution in [0.25, 0.3) is 0 Å². The Morgan fingerprint density at radius 3 is 2.60 bits per heavy atom. The molecule has 0 bridgehead atoms. The Balaban J connectivity index is 1.74. The number of carbonyl (C=O) groups excluding carboxylic acids is 2. The number of aryl methyl sites for hydroxylation is 1. The fourth-order valence-corrected chi connectivity index (χ4v) is 2.42. The third-order valence-corrected chi connectivity index (χ3v) is 4.03. The number of halogens is 1. The Kier molecular flexibility index (Phi) is 6.83. The average molecular weight is 361 g/mol. The van der Waals surface area contributed by atoms with Crippen molar-refractivity contribution in [3.05, 3.63) is 64.7 Å². The molecule has 0 aliphatic carbocycles. The van der Waals surface area contributed by atoms with E-state index in [2.05, 4.69) is 5.32 Å². The number of nitrogens with two attached hydrogens (primary N) is 1. The highest BCUT2D eigenvalue weighted by molar-refractivity contribution is 6.33. The normalized spacial score (nSPS) is 11.6. The van der Waals surface area contributed by atoms with Crippen LogP contribution in [0.15, 0.2) is 48.5 Å². The lowest BCUT2D eigenvalue weighted by molar-refractivity contribution is -0.124. The number of carbonyl (C=O) groups is 2. The van der Waals surface area contributed by atoms with E-state index in [-0.39, 0.29) is 29.8 Å². The highest BCUT2D eigenvalue weighted by Crippen LogP contribution is 2.19. The van der Waals surface area contributed by atoms with Gasteiger partial charge in [0, 0.05) is 6.04 Å². The quantitative estimate of drug-likeness (QED) is 0.586. The van der Waals surface area contributed by atoms with Gasteiger partial charge in [0.05, 0.1) is 16.3 Å². The van der Waals surface area contributed by atoms with E-state index < -0.39 is 5.97 Å². The fraction of sp³-hybridized carbons (Fsp3) is 0.263. The predicted octanol–water partition coefficient (Wildman–Crippen LogP) is 3.22. The van der Waals surface area contributed by atoms with Crippen molar-refractivity contribution in [3.8, 4) is 0 Å². The second-order valence-electron chi connectivity index (χ2n) is 5.81. The van der Waals surface area contributed by atoms with Gasteiger partial charge in [-0.15, -0.1) is 0 Å². The van der Waals surface area contributed by atoms with Gasteiger partial charge in [0.1, 0.15) is 0 Å². The molecule has 0 unspecified atom stereocenters. The number of anilines is 1. The Hall–Kier alpha value is -2.53. The van der Waals surface area contributed by atoms with Gasteiger partial charge in [0.15, 0.2) is 6.61 Å². The van der Waals surface area contributed by atoms with Crippen LogP contribution in [0.1, 0.15) is 29.3 Å². The largest absolute Gasteiger partial charge is 0.452 e. The molecule has 25 heavy (non-hydrogen) atoms. The molecule has 5 nitrogen and oxygen atoms in total. The highest BCUT2D eigenvalue weighted by Gasteiger charge is 2.13. The minimum Gasteiger partial charge on any atom is -0.452 e. The molecule has 0 saturated carbocycles.